The van der Waals surface area contributed by atoms with E-state index in [1.165, 1.54) is 0 Å². The van der Waals surface area contributed by atoms with Crippen molar-refractivity contribution in [3.8, 4) is 6.07 Å². The van der Waals surface area contributed by atoms with E-state index in [1.54, 1.807) is 0 Å². The lowest BCUT2D eigenvalue weighted by Gasteiger charge is -2.19. The largest absolute Gasteiger partial charge is 0.300 e. The fourth-order valence-electron chi connectivity index (χ4n) is 1.25. The van der Waals surface area contributed by atoms with Crippen LogP contribution in [0.5, 0.6) is 0 Å². The smallest absolute Gasteiger partial charge is 0.198 e. The summed E-state index contributed by atoms with van der Waals surface area (Å²) in [4.78, 5) is 0. The molecular formula is C9H17ClN2P+. The van der Waals surface area contributed by atoms with Crippen molar-refractivity contribution in [2.45, 2.75) is 46.2 Å². The summed E-state index contributed by atoms with van der Waals surface area (Å²) in [7, 11) is -0.771. The molecule has 0 aliphatic heterocycles. The Bertz CT molecular complexity index is 210. The van der Waals surface area contributed by atoms with Crippen molar-refractivity contribution in [3.63, 3.8) is 0 Å². The van der Waals surface area contributed by atoms with Gasteiger partial charge in [0.1, 0.15) is 5.80 Å². The molecule has 0 aliphatic carbocycles. The van der Waals surface area contributed by atoms with Crippen LogP contribution in [0.1, 0.15) is 34.1 Å². The zero-order valence-corrected chi connectivity index (χ0v) is 10.3. The molecule has 1 unspecified atom stereocenters. The van der Waals surface area contributed by atoms with Crippen LogP contribution in [0, 0.1) is 11.3 Å². The lowest BCUT2D eigenvalue weighted by atomic mass is 10.3. The minimum absolute atomic E-state index is 0.429. The zero-order chi connectivity index (χ0) is 10.4. The molecule has 0 rings (SSSR count). The van der Waals surface area contributed by atoms with Gasteiger partial charge in [0.05, 0.1) is 12.5 Å². The third-order valence-corrected chi connectivity index (χ3v) is 4.40. The molecule has 0 aliphatic rings. The van der Waals surface area contributed by atoms with Gasteiger partial charge in [-0.15, -0.1) is 4.67 Å². The first kappa shape index (κ1) is 12.9. The monoisotopic (exact) mass is 219 g/mol. The van der Waals surface area contributed by atoms with Gasteiger partial charge in [0.25, 0.3) is 7.05 Å². The van der Waals surface area contributed by atoms with E-state index in [-0.39, 0.29) is 0 Å². The second-order valence-electron chi connectivity index (χ2n) is 3.40. The van der Waals surface area contributed by atoms with Crippen molar-refractivity contribution in [1.82, 2.24) is 4.67 Å². The summed E-state index contributed by atoms with van der Waals surface area (Å²) in [5.74, 6) is 1.90. The van der Waals surface area contributed by atoms with Crippen molar-refractivity contribution in [2.24, 2.45) is 0 Å². The third-order valence-electron chi connectivity index (χ3n) is 1.61. The van der Waals surface area contributed by atoms with E-state index in [1.807, 2.05) is 5.80 Å². The maximum Gasteiger partial charge on any atom is 0.300 e. The van der Waals surface area contributed by atoms with Crippen LogP contribution in [0.2, 0.25) is 0 Å². The molecule has 13 heavy (non-hydrogen) atoms. The highest BCUT2D eigenvalue weighted by Gasteiger charge is 2.26. The van der Waals surface area contributed by atoms with Crippen molar-refractivity contribution in [1.29, 1.82) is 5.26 Å². The Hall–Kier alpha value is -0.0900. The van der Waals surface area contributed by atoms with Crippen LogP contribution in [-0.2, 0) is 0 Å². The maximum atomic E-state index is 8.43. The molecule has 0 spiro atoms. The van der Waals surface area contributed by atoms with E-state index in [9.17, 15) is 0 Å². The first-order valence-electron chi connectivity index (χ1n) is 4.44. The fourth-order valence-corrected chi connectivity index (χ4v) is 3.81. The first-order valence-corrected chi connectivity index (χ1v) is 6.71. The van der Waals surface area contributed by atoms with Gasteiger partial charge in [-0.2, -0.15) is 5.26 Å². The van der Waals surface area contributed by atoms with Crippen LogP contribution in [0.4, 0.5) is 0 Å². The highest BCUT2D eigenvalue weighted by atomic mass is 35.7. The molecule has 1 atom stereocenters. The molecule has 0 heterocycles. The van der Waals surface area contributed by atoms with Gasteiger partial charge in [-0.25, -0.2) is 0 Å². The standard InChI is InChI=1S/C9H17ClN2P/c1-8(2)12(9(3)4)13(10)7-5-6-11/h7-9H,5H2,1-4H3/q+1. The number of halogens is 1. The Morgan fingerprint density at radius 2 is 1.85 bits per heavy atom. The Morgan fingerprint density at radius 1 is 1.38 bits per heavy atom. The Morgan fingerprint density at radius 3 is 2.15 bits per heavy atom. The zero-order valence-electron chi connectivity index (χ0n) is 8.66. The molecule has 0 bridgehead atoms. The van der Waals surface area contributed by atoms with Gasteiger partial charge < -0.3 is 0 Å². The highest BCUT2D eigenvalue weighted by molar-refractivity contribution is 7.81. The summed E-state index contributed by atoms with van der Waals surface area (Å²) in [6.45, 7) is 8.49. The van der Waals surface area contributed by atoms with E-state index >= 15 is 0 Å². The van der Waals surface area contributed by atoms with Crippen molar-refractivity contribution >= 4 is 24.1 Å². The van der Waals surface area contributed by atoms with Crippen LogP contribution in [-0.4, -0.2) is 22.6 Å². The quantitative estimate of drug-likeness (QED) is 0.678. The minimum atomic E-state index is -0.771. The average molecular weight is 220 g/mol. The molecule has 74 valence electrons. The van der Waals surface area contributed by atoms with E-state index in [2.05, 4.69) is 38.4 Å². The van der Waals surface area contributed by atoms with Crippen LogP contribution >= 0.6 is 18.3 Å². The van der Waals surface area contributed by atoms with Gasteiger partial charge in [0, 0.05) is 12.1 Å². The number of nitriles is 1. The molecule has 4 heteroatoms. The van der Waals surface area contributed by atoms with E-state index < -0.39 is 7.05 Å². The summed E-state index contributed by atoms with van der Waals surface area (Å²) in [5.41, 5.74) is 0. The molecule has 0 aromatic heterocycles. The fraction of sp³-hybridized carbons (Fsp3) is 0.778. The normalized spacial score (nSPS) is 12.7. The van der Waals surface area contributed by atoms with Crippen molar-refractivity contribution < 1.29 is 0 Å². The van der Waals surface area contributed by atoms with E-state index in [0.717, 1.165) is 0 Å². The summed E-state index contributed by atoms with van der Waals surface area (Å²) >= 11 is 6.20. The van der Waals surface area contributed by atoms with Crippen LogP contribution < -0.4 is 0 Å². The Balaban J connectivity index is 4.47. The van der Waals surface area contributed by atoms with Gasteiger partial charge in [0.15, 0.2) is 11.2 Å². The molecule has 0 radical (unpaired) electrons. The van der Waals surface area contributed by atoms with Crippen LogP contribution in [0.15, 0.2) is 0 Å². The predicted molar refractivity (Wildman–Crippen MR) is 61.2 cm³/mol. The summed E-state index contributed by atoms with van der Waals surface area (Å²) in [5, 5.41) is 8.43. The molecule has 0 fully saturated rings. The summed E-state index contributed by atoms with van der Waals surface area (Å²) in [6.07, 6.45) is 0.436. The molecule has 2 nitrogen and oxygen atoms in total. The lowest BCUT2D eigenvalue weighted by molar-refractivity contribution is 0.331. The van der Waals surface area contributed by atoms with Gasteiger partial charge in [-0.3, -0.25) is 0 Å². The van der Waals surface area contributed by atoms with Crippen molar-refractivity contribution in [3.05, 3.63) is 0 Å². The minimum Gasteiger partial charge on any atom is -0.198 e. The second-order valence-corrected chi connectivity index (χ2v) is 5.84. The first-order chi connectivity index (χ1) is 6.00. The number of rotatable bonds is 4. The lowest BCUT2D eigenvalue weighted by Crippen LogP contribution is -2.29. The maximum absolute atomic E-state index is 8.43. The second kappa shape index (κ2) is 6.38. The van der Waals surface area contributed by atoms with Crippen molar-refractivity contribution in [2.75, 3.05) is 0 Å². The molecular weight excluding hydrogens is 203 g/mol. The van der Waals surface area contributed by atoms with Crippen LogP contribution in [0.3, 0.4) is 0 Å². The summed E-state index contributed by atoms with van der Waals surface area (Å²) < 4.78 is 2.23. The Kier molecular flexibility index (Phi) is 6.33. The SMILES string of the molecule is CC(C)N(C(C)C)[P+](Cl)=CCC#N. The average Bonchev–Trinajstić information content (AvgIpc) is 1.99. The number of hydrogen-bond donors (Lipinski definition) is 0. The van der Waals surface area contributed by atoms with E-state index in [0.29, 0.717) is 18.5 Å². The van der Waals surface area contributed by atoms with Gasteiger partial charge >= 0.3 is 0 Å². The summed E-state index contributed by atoms with van der Waals surface area (Å²) in [6, 6.07) is 2.94. The topological polar surface area (TPSA) is 27.0 Å². The molecule has 0 N–H and O–H groups in total. The van der Waals surface area contributed by atoms with E-state index in [4.69, 9.17) is 16.5 Å². The van der Waals surface area contributed by atoms with Gasteiger partial charge in [-0.1, -0.05) is 0 Å². The highest BCUT2D eigenvalue weighted by Crippen LogP contribution is 2.37. The third kappa shape index (κ3) is 4.62. The number of nitrogens with zero attached hydrogens (tertiary/aromatic N) is 2. The molecule has 0 aromatic rings. The molecule has 0 saturated carbocycles. The Labute approximate surface area is 86.7 Å². The number of hydrogen-bond acceptors (Lipinski definition) is 2. The molecule has 0 aromatic carbocycles. The predicted octanol–water partition coefficient (Wildman–Crippen LogP) is 3.37. The van der Waals surface area contributed by atoms with Crippen LogP contribution in [0.25, 0.3) is 0 Å². The molecule has 0 saturated heterocycles. The molecule has 0 amide bonds. The van der Waals surface area contributed by atoms with Gasteiger partial charge in [0.2, 0.25) is 0 Å². The van der Waals surface area contributed by atoms with Gasteiger partial charge in [-0.05, 0) is 27.7 Å².